The van der Waals surface area contributed by atoms with Crippen molar-refractivity contribution in [3.8, 4) is 0 Å². The van der Waals surface area contributed by atoms with Crippen molar-refractivity contribution in [3.05, 3.63) is 23.6 Å². The molecule has 1 unspecified atom stereocenters. The number of carbonyl (C=O) groups is 1. The highest BCUT2D eigenvalue weighted by Crippen LogP contribution is 2.24. The molecule has 1 fully saturated rings. The number of thioether (sulfide) groups is 1. The monoisotopic (exact) mass is 333 g/mol. The predicted octanol–water partition coefficient (Wildman–Crippen LogP) is 0.822. The second kappa shape index (κ2) is 6.18. The highest BCUT2D eigenvalue weighted by molar-refractivity contribution is 8.00. The molecular formula is C12H16FN3O3S2. The van der Waals surface area contributed by atoms with Gasteiger partial charge in [0.25, 0.3) is 5.91 Å². The van der Waals surface area contributed by atoms with E-state index in [1.54, 1.807) is 0 Å². The highest BCUT2D eigenvalue weighted by atomic mass is 32.2. The molecular weight excluding hydrogens is 317 g/mol. The van der Waals surface area contributed by atoms with Crippen molar-refractivity contribution in [2.24, 2.45) is 0 Å². The predicted molar refractivity (Wildman–Crippen MR) is 80.7 cm³/mol. The summed E-state index contributed by atoms with van der Waals surface area (Å²) in [6.45, 7) is 0.276. The fourth-order valence-electron chi connectivity index (χ4n) is 2.11. The van der Waals surface area contributed by atoms with Gasteiger partial charge in [-0.25, -0.2) is 17.8 Å². The summed E-state index contributed by atoms with van der Waals surface area (Å²) in [6, 6.07) is 1.26. The molecule has 21 heavy (non-hydrogen) atoms. The van der Waals surface area contributed by atoms with Gasteiger partial charge in [0.15, 0.2) is 21.5 Å². The first-order valence-corrected chi connectivity index (χ1v) is 9.37. The Balaban J connectivity index is 2.38. The number of amides is 1. The first-order valence-electron chi connectivity index (χ1n) is 6.26. The number of anilines is 1. The van der Waals surface area contributed by atoms with Crippen LogP contribution in [0.15, 0.2) is 12.3 Å². The Morgan fingerprint density at radius 3 is 2.90 bits per heavy atom. The van der Waals surface area contributed by atoms with Crippen molar-refractivity contribution in [2.45, 2.75) is 5.37 Å². The number of carbonyl (C=O) groups excluding carboxylic acids is 1. The Kier molecular flexibility index (Phi) is 4.72. The van der Waals surface area contributed by atoms with Gasteiger partial charge in [-0.3, -0.25) is 4.79 Å². The summed E-state index contributed by atoms with van der Waals surface area (Å²) in [5.74, 6) is -0.500. The lowest BCUT2D eigenvalue weighted by Crippen LogP contribution is -2.50. The van der Waals surface area contributed by atoms with E-state index in [0.29, 0.717) is 11.5 Å². The largest absolute Gasteiger partial charge is 0.371 e. The molecule has 0 bridgehead atoms. The lowest BCUT2D eigenvalue weighted by Gasteiger charge is -2.34. The van der Waals surface area contributed by atoms with Gasteiger partial charge in [0.05, 0.1) is 5.56 Å². The standard InChI is InChI=1S/C12H16FN3O3S2/c1-14-11-10(13)8(3-4-15-11)12(17)16-5-6-20-7-9(16)21(2,18)19/h3-4,9H,5-7H2,1-2H3,(H,14,15). The second-order valence-corrected chi connectivity index (χ2v) is 7.98. The number of halogens is 1. The lowest BCUT2D eigenvalue weighted by molar-refractivity contribution is 0.0745. The van der Waals surface area contributed by atoms with Gasteiger partial charge in [-0.1, -0.05) is 0 Å². The molecule has 116 valence electrons. The Labute approximate surface area is 127 Å². The number of sulfone groups is 1. The van der Waals surface area contributed by atoms with Crippen molar-refractivity contribution in [1.82, 2.24) is 9.88 Å². The molecule has 2 heterocycles. The number of nitrogens with zero attached hydrogens (tertiary/aromatic N) is 2. The van der Waals surface area contributed by atoms with E-state index in [2.05, 4.69) is 10.3 Å². The van der Waals surface area contributed by atoms with Gasteiger partial charge in [0, 0.05) is 37.6 Å². The van der Waals surface area contributed by atoms with Gasteiger partial charge in [-0.2, -0.15) is 11.8 Å². The molecule has 0 radical (unpaired) electrons. The van der Waals surface area contributed by atoms with E-state index in [9.17, 15) is 17.6 Å². The number of pyridine rings is 1. The van der Waals surface area contributed by atoms with Crippen molar-refractivity contribution in [3.63, 3.8) is 0 Å². The van der Waals surface area contributed by atoms with Crippen molar-refractivity contribution >= 4 is 33.3 Å². The molecule has 1 atom stereocenters. The first kappa shape index (κ1) is 16.0. The third-order valence-electron chi connectivity index (χ3n) is 3.20. The van der Waals surface area contributed by atoms with E-state index in [1.807, 2.05) is 0 Å². The summed E-state index contributed by atoms with van der Waals surface area (Å²) < 4.78 is 37.8. The minimum absolute atomic E-state index is 0.0388. The second-order valence-electron chi connectivity index (χ2n) is 4.63. The molecule has 1 aromatic heterocycles. The van der Waals surface area contributed by atoms with Crippen LogP contribution in [-0.2, 0) is 9.84 Å². The maximum atomic E-state index is 14.2. The number of nitrogens with one attached hydrogen (secondary N) is 1. The molecule has 1 N–H and O–H groups in total. The molecule has 0 aliphatic carbocycles. The van der Waals surface area contributed by atoms with E-state index in [-0.39, 0.29) is 17.9 Å². The molecule has 1 saturated heterocycles. The Bertz CT molecular complexity index is 651. The van der Waals surface area contributed by atoms with Crippen molar-refractivity contribution in [1.29, 1.82) is 0 Å². The van der Waals surface area contributed by atoms with Crippen LogP contribution in [0.3, 0.4) is 0 Å². The van der Waals surface area contributed by atoms with Crippen molar-refractivity contribution < 1.29 is 17.6 Å². The van der Waals surface area contributed by atoms with E-state index >= 15 is 0 Å². The van der Waals surface area contributed by atoms with Gasteiger partial charge in [0.1, 0.15) is 5.37 Å². The van der Waals surface area contributed by atoms with Crippen LogP contribution < -0.4 is 5.32 Å². The van der Waals surface area contributed by atoms with Crippen LogP contribution in [0.5, 0.6) is 0 Å². The smallest absolute Gasteiger partial charge is 0.258 e. The summed E-state index contributed by atoms with van der Waals surface area (Å²) in [4.78, 5) is 17.5. The highest BCUT2D eigenvalue weighted by Gasteiger charge is 2.35. The molecule has 0 saturated carbocycles. The maximum absolute atomic E-state index is 14.2. The minimum atomic E-state index is -3.43. The van der Waals surface area contributed by atoms with Crippen LogP contribution in [0.25, 0.3) is 0 Å². The number of aromatic nitrogens is 1. The van der Waals surface area contributed by atoms with E-state index in [0.717, 1.165) is 6.26 Å². The van der Waals surface area contributed by atoms with E-state index in [1.165, 1.54) is 36.0 Å². The maximum Gasteiger partial charge on any atom is 0.258 e. The topological polar surface area (TPSA) is 79.4 Å². The van der Waals surface area contributed by atoms with Gasteiger partial charge in [-0.05, 0) is 6.07 Å². The van der Waals surface area contributed by atoms with Crippen LogP contribution in [0.2, 0.25) is 0 Å². The van der Waals surface area contributed by atoms with Crippen LogP contribution in [0.4, 0.5) is 10.2 Å². The van der Waals surface area contributed by atoms with Crippen molar-refractivity contribution in [2.75, 3.05) is 36.7 Å². The van der Waals surface area contributed by atoms with E-state index < -0.39 is 26.9 Å². The Hall–Kier alpha value is -1.35. The number of rotatable bonds is 3. The molecule has 6 nitrogen and oxygen atoms in total. The Morgan fingerprint density at radius 2 is 2.29 bits per heavy atom. The zero-order valence-corrected chi connectivity index (χ0v) is 13.3. The summed E-state index contributed by atoms with van der Waals surface area (Å²) in [5.41, 5.74) is -0.171. The fraction of sp³-hybridized carbons (Fsp3) is 0.500. The minimum Gasteiger partial charge on any atom is -0.371 e. The normalized spacial score (nSPS) is 19.4. The Morgan fingerprint density at radius 1 is 1.57 bits per heavy atom. The summed E-state index contributed by atoms with van der Waals surface area (Å²) in [7, 11) is -1.93. The van der Waals surface area contributed by atoms with Gasteiger partial charge >= 0.3 is 0 Å². The first-order chi connectivity index (χ1) is 9.86. The van der Waals surface area contributed by atoms with Crippen LogP contribution >= 0.6 is 11.8 Å². The molecule has 9 heteroatoms. The number of hydrogen-bond donors (Lipinski definition) is 1. The molecule has 0 aromatic carbocycles. The molecule has 1 aliphatic rings. The van der Waals surface area contributed by atoms with Gasteiger partial charge < -0.3 is 10.2 Å². The van der Waals surface area contributed by atoms with Crippen LogP contribution in [0, 0.1) is 5.82 Å². The fourth-order valence-corrected chi connectivity index (χ4v) is 4.92. The van der Waals surface area contributed by atoms with Gasteiger partial charge in [-0.15, -0.1) is 0 Å². The molecule has 1 aromatic rings. The van der Waals surface area contributed by atoms with Crippen LogP contribution in [0.1, 0.15) is 10.4 Å². The van der Waals surface area contributed by atoms with E-state index in [4.69, 9.17) is 0 Å². The average Bonchev–Trinajstić information content (AvgIpc) is 2.46. The zero-order chi connectivity index (χ0) is 15.6. The quantitative estimate of drug-likeness (QED) is 0.882. The van der Waals surface area contributed by atoms with Crippen LogP contribution in [-0.4, -0.2) is 60.9 Å². The third kappa shape index (κ3) is 3.29. The summed E-state index contributed by atoms with van der Waals surface area (Å²) in [5, 5.41) is 1.63. The molecule has 0 spiro atoms. The lowest BCUT2D eigenvalue weighted by atomic mass is 10.2. The number of hydrogen-bond acceptors (Lipinski definition) is 6. The zero-order valence-electron chi connectivity index (χ0n) is 11.7. The average molecular weight is 333 g/mol. The molecule has 1 amide bonds. The summed E-state index contributed by atoms with van der Waals surface area (Å²) >= 11 is 1.47. The molecule has 1 aliphatic heterocycles. The molecule has 2 rings (SSSR count). The summed E-state index contributed by atoms with van der Waals surface area (Å²) in [6.07, 6.45) is 2.40. The van der Waals surface area contributed by atoms with Gasteiger partial charge in [0.2, 0.25) is 0 Å². The SMILES string of the molecule is CNc1nccc(C(=O)N2CCSCC2S(C)(=O)=O)c1F. The third-order valence-corrected chi connectivity index (χ3v) is 5.84.